The average Bonchev–Trinajstić information content (AvgIpc) is 3.22. The summed E-state index contributed by atoms with van der Waals surface area (Å²) in [6, 6.07) is 5.73. The van der Waals surface area contributed by atoms with Crippen LogP contribution in [0.25, 0.3) is 10.9 Å². The number of carbonyl (C=O) groups is 1. The normalized spacial score (nSPS) is 16.4. The van der Waals surface area contributed by atoms with Crippen LogP contribution in [-0.4, -0.2) is 57.1 Å². The fraction of sp³-hybridized carbons (Fsp3) is 0.353. The van der Waals surface area contributed by atoms with Crippen molar-refractivity contribution in [3.05, 3.63) is 46.5 Å². The lowest BCUT2D eigenvalue weighted by atomic mass is 10.1. The largest absolute Gasteiger partial charge is 0.337 e. The second-order valence-electron chi connectivity index (χ2n) is 6.04. The van der Waals surface area contributed by atoms with Gasteiger partial charge in [-0.25, -0.2) is 4.98 Å². The van der Waals surface area contributed by atoms with E-state index in [0.29, 0.717) is 0 Å². The smallest absolute Gasteiger partial charge is 0.254 e. The molecule has 0 atom stereocenters. The second-order valence-corrected chi connectivity index (χ2v) is 6.76. The number of benzene rings is 1. The number of nitrogens with one attached hydrogen (secondary N) is 1. The molecular formula is C17H19N5OS. The van der Waals surface area contributed by atoms with Crippen LogP contribution in [-0.2, 0) is 6.54 Å². The summed E-state index contributed by atoms with van der Waals surface area (Å²) in [7, 11) is 0. The van der Waals surface area contributed by atoms with Crippen molar-refractivity contribution in [2.24, 2.45) is 0 Å². The molecule has 0 saturated carbocycles. The van der Waals surface area contributed by atoms with Gasteiger partial charge in [-0.15, -0.1) is 11.3 Å². The Morgan fingerprint density at radius 3 is 3.08 bits per heavy atom. The molecule has 1 aliphatic heterocycles. The molecule has 2 aromatic heterocycles. The Morgan fingerprint density at radius 1 is 1.25 bits per heavy atom. The molecule has 1 N–H and O–H groups in total. The van der Waals surface area contributed by atoms with Gasteiger partial charge >= 0.3 is 0 Å². The molecule has 24 heavy (non-hydrogen) atoms. The number of aromatic nitrogens is 3. The first-order valence-corrected chi connectivity index (χ1v) is 9.06. The molecule has 1 fully saturated rings. The van der Waals surface area contributed by atoms with Gasteiger partial charge in [0.05, 0.1) is 28.5 Å². The third-order valence-corrected chi connectivity index (χ3v) is 5.10. The Kier molecular flexibility index (Phi) is 4.27. The number of fused-ring (bicyclic) bond motifs is 1. The lowest BCUT2D eigenvalue weighted by Crippen LogP contribution is -2.35. The molecule has 0 unspecified atom stereocenters. The summed E-state index contributed by atoms with van der Waals surface area (Å²) in [5.41, 5.74) is 4.62. The third kappa shape index (κ3) is 3.05. The maximum atomic E-state index is 12.9. The highest BCUT2D eigenvalue weighted by Gasteiger charge is 2.22. The average molecular weight is 341 g/mol. The van der Waals surface area contributed by atoms with Crippen molar-refractivity contribution in [1.29, 1.82) is 0 Å². The first-order chi connectivity index (χ1) is 11.8. The number of H-pyrrole nitrogens is 1. The molecule has 3 aromatic rings. The van der Waals surface area contributed by atoms with Gasteiger partial charge in [0.25, 0.3) is 5.91 Å². The lowest BCUT2D eigenvalue weighted by molar-refractivity contribution is 0.0763. The Balaban J connectivity index is 1.47. The predicted molar refractivity (Wildman–Crippen MR) is 94.0 cm³/mol. The minimum absolute atomic E-state index is 0.0949. The highest BCUT2D eigenvalue weighted by atomic mass is 32.1. The molecule has 6 nitrogen and oxygen atoms in total. The van der Waals surface area contributed by atoms with E-state index in [1.807, 2.05) is 28.6 Å². The van der Waals surface area contributed by atoms with E-state index in [1.165, 1.54) is 0 Å². The van der Waals surface area contributed by atoms with Crippen molar-refractivity contribution in [3.63, 3.8) is 0 Å². The number of hydrogen-bond donors (Lipinski definition) is 1. The van der Waals surface area contributed by atoms with E-state index in [1.54, 1.807) is 17.5 Å². The molecule has 0 aliphatic carbocycles. The second kappa shape index (κ2) is 6.70. The molecule has 1 aliphatic rings. The zero-order valence-corrected chi connectivity index (χ0v) is 14.1. The highest BCUT2D eigenvalue weighted by Crippen LogP contribution is 2.19. The number of hydrogen-bond acceptors (Lipinski definition) is 5. The van der Waals surface area contributed by atoms with Crippen LogP contribution in [0.1, 0.15) is 22.5 Å². The molecule has 0 bridgehead atoms. The van der Waals surface area contributed by atoms with Crippen molar-refractivity contribution in [1.82, 2.24) is 25.0 Å². The summed E-state index contributed by atoms with van der Waals surface area (Å²) >= 11 is 1.63. The molecule has 7 heteroatoms. The molecule has 124 valence electrons. The first kappa shape index (κ1) is 15.3. The van der Waals surface area contributed by atoms with Gasteiger partial charge < -0.3 is 4.90 Å². The van der Waals surface area contributed by atoms with Crippen LogP contribution >= 0.6 is 11.3 Å². The summed E-state index contributed by atoms with van der Waals surface area (Å²) in [4.78, 5) is 21.6. The summed E-state index contributed by atoms with van der Waals surface area (Å²) in [6.07, 6.45) is 2.71. The van der Waals surface area contributed by atoms with E-state index in [0.717, 1.165) is 61.3 Å². The predicted octanol–water partition coefficient (Wildman–Crippen LogP) is 2.37. The molecule has 1 saturated heterocycles. The Labute approximate surface area is 144 Å². The van der Waals surface area contributed by atoms with Crippen molar-refractivity contribution < 1.29 is 4.79 Å². The molecule has 3 heterocycles. The monoisotopic (exact) mass is 341 g/mol. The van der Waals surface area contributed by atoms with Gasteiger partial charge in [0.1, 0.15) is 0 Å². The molecule has 1 aromatic carbocycles. The number of thiazole rings is 1. The SMILES string of the molecule is O=C(c1cccc2[nH]ncc12)N1CCCN(Cc2cscn2)CC1. The number of aromatic amines is 1. The molecule has 0 spiro atoms. The van der Waals surface area contributed by atoms with Gasteiger partial charge in [-0.3, -0.25) is 14.8 Å². The maximum absolute atomic E-state index is 12.9. The highest BCUT2D eigenvalue weighted by molar-refractivity contribution is 7.07. The van der Waals surface area contributed by atoms with E-state index in [-0.39, 0.29) is 5.91 Å². The van der Waals surface area contributed by atoms with E-state index < -0.39 is 0 Å². The van der Waals surface area contributed by atoms with Gasteiger partial charge in [-0.1, -0.05) is 6.07 Å². The van der Waals surface area contributed by atoms with Crippen molar-refractivity contribution >= 4 is 28.1 Å². The molecule has 4 rings (SSSR count). The fourth-order valence-corrected chi connectivity index (χ4v) is 3.75. The Bertz CT molecular complexity index is 829. The van der Waals surface area contributed by atoms with E-state index in [4.69, 9.17) is 0 Å². The van der Waals surface area contributed by atoms with Gasteiger partial charge in [-0.2, -0.15) is 5.10 Å². The van der Waals surface area contributed by atoms with Crippen molar-refractivity contribution in [3.8, 4) is 0 Å². The van der Waals surface area contributed by atoms with Crippen LogP contribution < -0.4 is 0 Å². The zero-order chi connectivity index (χ0) is 16.4. The van der Waals surface area contributed by atoms with Gasteiger partial charge in [-0.05, 0) is 18.6 Å². The molecule has 1 amide bonds. The summed E-state index contributed by atoms with van der Waals surface area (Å²) in [6.45, 7) is 4.28. The fourth-order valence-electron chi connectivity index (χ4n) is 3.20. The number of carbonyl (C=O) groups excluding carboxylic acids is 1. The summed E-state index contributed by atoms with van der Waals surface area (Å²) < 4.78 is 0. The minimum Gasteiger partial charge on any atom is -0.337 e. The van der Waals surface area contributed by atoms with E-state index >= 15 is 0 Å². The number of nitrogens with zero attached hydrogens (tertiary/aromatic N) is 4. The van der Waals surface area contributed by atoms with Crippen LogP contribution in [0.2, 0.25) is 0 Å². The van der Waals surface area contributed by atoms with Crippen LogP contribution in [0, 0.1) is 0 Å². The van der Waals surface area contributed by atoms with Crippen LogP contribution in [0.3, 0.4) is 0 Å². The van der Waals surface area contributed by atoms with Crippen molar-refractivity contribution in [2.75, 3.05) is 26.2 Å². The number of amides is 1. The van der Waals surface area contributed by atoms with Gasteiger partial charge in [0.2, 0.25) is 0 Å². The third-order valence-electron chi connectivity index (χ3n) is 4.46. The molecular weight excluding hydrogens is 322 g/mol. The lowest BCUT2D eigenvalue weighted by Gasteiger charge is -2.22. The minimum atomic E-state index is 0.0949. The zero-order valence-electron chi connectivity index (χ0n) is 13.3. The van der Waals surface area contributed by atoms with E-state index in [9.17, 15) is 4.79 Å². The quantitative estimate of drug-likeness (QED) is 0.794. The summed E-state index contributed by atoms with van der Waals surface area (Å²) in [5, 5.41) is 9.96. The number of rotatable bonds is 3. The van der Waals surface area contributed by atoms with Crippen LogP contribution in [0.5, 0.6) is 0 Å². The maximum Gasteiger partial charge on any atom is 0.254 e. The Morgan fingerprint density at radius 2 is 2.21 bits per heavy atom. The Hall–Kier alpha value is -2.25. The topological polar surface area (TPSA) is 65.1 Å². The van der Waals surface area contributed by atoms with Crippen molar-refractivity contribution in [2.45, 2.75) is 13.0 Å². The summed E-state index contributed by atoms with van der Waals surface area (Å²) in [5.74, 6) is 0.0949. The first-order valence-electron chi connectivity index (χ1n) is 8.12. The van der Waals surface area contributed by atoms with Gasteiger partial charge in [0, 0.05) is 43.5 Å². The standard InChI is InChI=1S/C17H19N5OS/c23-17(14-3-1-4-16-15(14)9-19-20-16)22-6-2-5-21(7-8-22)10-13-11-24-12-18-13/h1,3-4,9,11-12H,2,5-8,10H2,(H,19,20). The van der Waals surface area contributed by atoms with E-state index in [2.05, 4.69) is 25.5 Å². The molecule has 0 radical (unpaired) electrons. The van der Waals surface area contributed by atoms with Gasteiger partial charge in [0.15, 0.2) is 0 Å². The van der Waals surface area contributed by atoms with Crippen LogP contribution in [0.15, 0.2) is 35.3 Å². The van der Waals surface area contributed by atoms with Crippen LogP contribution in [0.4, 0.5) is 0 Å².